The molecular weight excluding hydrogens is 461 g/mol. The molecule has 0 fully saturated rings. The lowest BCUT2D eigenvalue weighted by Gasteiger charge is -2.50. The van der Waals surface area contributed by atoms with Crippen molar-refractivity contribution < 1.29 is 47.6 Å². The van der Waals surface area contributed by atoms with Crippen LogP contribution >= 0.6 is 0 Å². The quantitative estimate of drug-likeness (QED) is 0.471. The van der Waals surface area contributed by atoms with Crippen molar-refractivity contribution in [2.24, 2.45) is 17.6 Å². The van der Waals surface area contributed by atoms with E-state index >= 15 is 0 Å². The first-order valence-corrected chi connectivity index (χ1v) is 10.2. The Balaban J connectivity index is 1.92. The molecule has 9 nitrogen and oxygen atoms in total. The number of nitrogens with two attached hydrogens (primary N) is 1. The smallest absolute Gasteiger partial charge is 0.510 e. The number of aliphatic hydroxyl groups excluding tert-OH is 2. The standard InChI is InChI=1S/C22H21F3N2O7/c1-27(2)15-10-7-9-6-8-4-3-5-11(34-22(23,24)25)12(8)16(28)13(9)18(30)21(10,33)19(31)14(17(15)29)20(26)32/h3-5,9-10,15,29-30,33H,6-7H2,1-2H3,(H2,26,32)/t9?,10?,15-,21-/m0/s1. The van der Waals surface area contributed by atoms with Gasteiger partial charge in [-0.3, -0.25) is 19.3 Å². The van der Waals surface area contributed by atoms with Crippen LogP contribution < -0.4 is 10.5 Å². The fourth-order valence-corrected chi connectivity index (χ4v) is 5.38. The summed E-state index contributed by atoms with van der Waals surface area (Å²) in [5.74, 6) is -8.26. The maximum atomic E-state index is 13.3. The summed E-state index contributed by atoms with van der Waals surface area (Å²) in [6.07, 6.45) is -5.19. The molecule has 4 rings (SSSR count). The summed E-state index contributed by atoms with van der Waals surface area (Å²) >= 11 is 0. The molecule has 4 atom stereocenters. The summed E-state index contributed by atoms with van der Waals surface area (Å²) in [6.45, 7) is 0. The van der Waals surface area contributed by atoms with Gasteiger partial charge in [-0.05, 0) is 44.5 Å². The van der Waals surface area contributed by atoms with Crippen LogP contribution in [-0.4, -0.2) is 69.8 Å². The number of ether oxygens (including phenoxy) is 1. The van der Waals surface area contributed by atoms with Crippen molar-refractivity contribution in [1.29, 1.82) is 0 Å². The highest BCUT2D eigenvalue weighted by atomic mass is 19.4. The monoisotopic (exact) mass is 482 g/mol. The molecule has 1 aromatic rings. The van der Waals surface area contributed by atoms with Gasteiger partial charge >= 0.3 is 6.36 Å². The average molecular weight is 482 g/mol. The third-order valence-electron chi connectivity index (χ3n) is 6.67. The second-order valence-electron chi connectivity index (χ2n) is 8.80. The van der Waals surface area contributed by atoms with E-state index in [1.54, 1.807) is 0 Å². The predicted molar refractivity (Wildman–Crippen MR) is 109 cm³/mol. The number of alkyl halides is 3. The van der Waals surface area contributed by atoms with Gasteiger partial charge < -0.3 is 25.8 Å². The Morgan fingerprint density at radius 1 is 1.24 bits per heavy atom. The molecule has 0 spiro atoms. The number of primary amides is 1. The number of ketones is 2. The zero-order chi connectivity index (χ0) is 25.3. The van der Waals surface area contributed by atoms with Crippen LogP contribution in [0.3, 0.4) is 0 Å². The Kier molecular flexibility index (Phi) is 5.29. The molecule has 1 amide bonds. The number of fused-ring (bicyclic) bond motifs is 3. The fourth-order valence-electron chi connectivity index (χ4n) is 5.38. The van der Waals surface area contributed by atoms with E-state index < -0.39 is 81.3 Å². The number of Topliss-reactive ketones (excluding diaryl/α,β-unsaturated/α-hetero) is 2. The van der Waals surface area contributed by atoms with Crippen LogP contribution in [0.1, 0.15) is 22.3 Å². The Labute approximate surface area is 190 Å². The minimum Gasteiger partial charge on any atom is -0.510 e. The minimum absolute atomic E-state index is 0.00357. The summed E-state index contributed by atoms with van der Waals surface area (Å²) in [7, 11) is 3.02. The molecule has 1 aromatic carbocycles. The Bertz CT molecular complexity index is 1190. The zero-order valence-corrected chi connectivity index (χ0v) is 18.0. The molecule has 5 N–H and O–H groups in total. The maximum Gasteiger partial charge on any atom is 0.573 e. The number of hydrogen-bond acceptors (Lipinski definition) is 8. The molecule has 3 aliphatic carbocycles. The Morgan fingerprint density at radius 3 is 2.44 bits per heavy atom. The minimum atomic E-state index is -5.09. The number of carbonyl (C=O) groups is 3. The second kappa shape index (κ2) is 7.57. The van der Waals surface area contributed by atoms with Gasteiger partial charge in [0.05, 0.1) is 11.6 Å². The van der Waals surface area contributed by atoms with Crippen molar-refractivity contribution in [2.45, 2.75) is 30.8 Å². The van der Waals surface area contributed by atoms with Crippen LogP contribution in [-0.2, 0) is 16.0 Å². The summed E-state index contributed by atoms with van der Waals surface area (Å²) in [6, 6.07) is 2.57. The number of halogens is 3. The number of aliphatic hydroxyl groups is 3. The van der Waals surface area contributed by atoms with Crippen LogP contribution in [0.4, 0.5) is 13.2 Å². The Hall–Kier alpha value is -3.38. The van der Waals surface area contributed by atoms with Gasteiger partial charge in [0, 0.05) is 11.5 Å². The van der Waals surface area contributed by atoms with Gasteiger partial charge in [0.15, 0.2) is 11.4 Å². The summed E-state index contributed by atoms with van der Waals surface area (Å²) in [5.41, 5.74) is 0.866. The topological polar surface area (TPSA) is 150 Å². The van der Waals surface area contributed by atoms with E-state index in [0.717, 1.165) is 6.07 Å². The molecule has 0 aromatic heterocycles. The average Bonchev–Trinajstić information content (AvgIpc) is 2.69. The number of allylic oxidation sites excluding steroid dienone is 1. The molecule has 0 saturated heterocycles. The maximum absolute atomic E-state index is 13.3. The van der Waals surface area contributed by atoms with Crippen molar-refractivity contribution in [3.8, 4) is 5.75 Å². The van der Waals surface area contributed by atoms with Crippen LogP contribution in [0.25, 0.3) is 0 Å². The number of hydrogen-bond donors (Lipinski definition) is 4. The van der Waals surface area contributed by atoms with Crippen molar-refractivity contribution in [2.75, 3.05) is 14.1 Å². The van der Waals surface area contributed by atoms with Crippen molar-refractivity contribution >= 4 is 17.5 Å². The molecule has 182 valence electrons. The summed E-state index contributed by atoms with van der Waals surface area (Å²) in [5, 5.41) is 33.2. The summed E-state index contributed by atoms with van der Waals surface area (Å²) in [4.78, 5) is 39.8. The van der Waals surface area contributed by atoms with E-state index in [0.29, 0.717) is 0 Å². The van der Waals surface area contributed by atoms with Gasteiger partial charge in [0.2, 0.25) is 5.78 Å². The number of nitrogens with zero attached hydrogens (tertiary/aromatic N) is 1. The molecule has 3 aliphatic rings. The van der Waals surface area contributed by atoms with Crippen LogP contribution in [0, 0.1) is 11.8 Å². The second-order valence-corrected chi connectivity index (χ2v) is 8.80. The SMILES string of the molecule is CN(C)[C@@H]1C(O)=C(C(N)=O)C(=O)[C@@]2(O)C(O)=C3C(=O)c4c(cccc4OC(F)(F)F)CC3CC12. The third kappa shape index (κ3) is 3.28. The van der Waals surface area contributed by atoms with Gasteiger partial charge in [-0.1, -0.05) is 12.1 Å². The number of benzene rings is 1. The molecular formula is C22H21F3N2O7. The summed E-state index contributed by atoms with van der Waals surface area (Å²) < 4.78 is 42.7. The molecule has 0 saturated carbocycles. The van der Waals surface area contributed by atoms with E-state index in [9.17, 15) is 42.9 Å². The zero-order valence-electron chi connectivity index (χ0n) is 18.0. The van der Waals surface area contributed by atoms with E-state index in [-0.39, 0.29) is 18.4 Å². The Morgan fingerprint density at radius 2 is 1.88 bits per heavy atom. The van der Waals surface area contributed by atoms with Gasteiger partial charge in [-0.15, -0.1) is 13.2 Å². The van der Waals surface area contributed by atoms with Crippen molar-refractivity contribution in [1.82, 2.24) is 4.90 Å². The molecule has 0 aliphatic heterocycles. The van der Waals surface area contributed by atoms with Crippen LogP contribution in [0.15, 0.2) is 40.9 Å². The first-order chi connectivity index (χ1) is 15.7. The van der Waals surface area contributed by atoms with E-state index in [1.165, 1.54) is 31.1 Å². The molecule has 34 heavy (non-hydrogen) atoms. The number of amides is 1. The van der Waals surface area contributed by atoms with E-state index in [2.05, 4.69) is 4.74 Å². The van der Waals surface area contributed by atoms with Crippen molar-refractivity contribution in [3.05, 3.63) is 52.0 Å². The predicted octanol–water partition coefficient (Wildman–Crippen LogP) is 1.31. The molecule has 0 bridgehead atoms. The third-order valence-corrected chi connectivity index (χ3v) is 6.67. The lowest BCUT2D eigenvalue weighted by molar-refractivity contribution is -0.274. The van der Waals surface area contributed by atoms with E-state index in [4.69, 9.17) is 5.73 Å². The van der Waals surface area contributed by atoms with E-state index in [1.807, 2.05) is 0 Å². The fraction of sp³-hybridized carbons (Fsp3) is 0.409. The molecule has 12 heteroatoms. The number of rotatable bonds is 3. The van der Waals surface area contributed by atoms with Crippen LogP contribution in [0.5, 0.6) is 5.75 Å². The lowest BCUT2D eigenvalue weighted by Crippen LogP contribution is -2.63. The van der Waals surface area contributed by atoms with Gasteiger partial charge in [0.1, 0.15) is 22.8 Å². The molecule has 0 heterocycles. The van der Waals surface area contributed by atoms with Gasteiger partial charge in [-0.25, -0.2) is 0 Å². The van der Waals surface area contributed by atoms with Crippen molar-refractivity contribution in [3.63, 3.8) is 0 Å². The molecule has 2 unspecified atom stereocenters. The van der Waals surface area contributed by atoms with Gasteiger partial charge in [-0.2, -0.15) is 0 Å². The van der Waals surface area contributed by atoms with Crippen LogP contribution in [0.2, 0.25) is 0 Å². The largest absolute Gasteiger partial charge is 0.573 e. The normalized spacial score (nSPS) is 29.1. The van der Waals surface area contributed by atoms with Gasteiger partial charge in [0.25, 0.3) is 5.91 Å². The first-order valence-electron chi connectivity index (χ1n) is 10.2. The molecule has 0 radical (unpaired) electrons. The number of carbonyl (C=O) groups excluding carboxylic acids is 3. The number of likely N-dealkylation sites (N-methyl/N-ethyl adjacent to an activating group) is 1. The highest BCUT2D eigenvalue weighted by molar-refractivity contribution is 6.24. The highest BCUT2D eigenvalue weighted by Crippen LogP contribution is 2.52. The first kappa shape index (κ1) is 23.8. The highest BCUT2D eigenvalue weighted by Gasteiger charge is 2.63. The lowest BCUT2D eigenvalue weighted by atomic mass is 9.58.